The first-order valence-electron chi connectivity index (χ1n) is 7.77. The van der Waals surface area contributed by atoms with Crippen LogP contribution < -0.4 is 5.32 Å². The van der Waals surface area contributed by atoms with E-state index in [1.165, 1.54) is 19.3 Å². The fourth-order valence-corrected chi connectivity index (χ4v) is 2.59. The second-order valence-electron chi connectivity index (χ2n) is 5.95. The van der Waals surface area contributed by atoms with Gasteiger partial charge in [0.05, 0.1) is 12.7 Å². The fourth-order valence-electron chi connectivity index (χ4n) is 2.59. The Hall–Kier alpha value is -0.160. The number of aliphatic hydroxyl groups is 1. The summed E-state index contributed by atoms with van der Waals surface area (Å²) in [6.45, 7) is 8.78. The van der Waals surface area contributed by atoms with Gasteiger partial charge < -0.3 is 20.1 Å². The molecule has 0 aromatic carbocycles. The molecule has 1 saturated heterocycles. The molecule has 0 aliphatic carbocycles. The van der Waals surface area contributed by atoms with Gasteiger partial charge in [-0.1, -0.05) is 13.3 Å². The summed E-state index contributed by atoms with van der Waals surface area (Å²) in [5.74, 6) is 0. The van der Waals surface area contributed by atoms with Crippen molar-refractivity contribution in [2.75, 3.05) is 39.9 Å². The Kier molecular flexibility index (Phi) is 7.91. The molecule has 4 nitrogen and oxygen atoms in total. The highest BCUT2D eigenvalue weighted by atomic mass is 16.5. The molecule has 0 radical (unpaired) electrons. The Bertz CT molecular complexity index is 226. The highest BCUT2D eigenvalue weighted by Crippen LogP contribution is 2.15. The molecule has 0 saturated carbocycles. The predicted molar refractivity (Wildman–Crippen MR) is 79.5 cm³/mol. The van der Waals surface area contributed by atoms with Gasteiger partial charge in [-0.25, -0.2) is 0 Å². The molecule has 0 amide bonds. The molecule has 2 atom stereocenters. The van der Waals surface area contributed by atoms with Crippen molar-refractivity contribution in [1.29, 1.82) is 0 Å². The van der Waals surface area contributed by atoms with Gasteiger partial charge in [-0.3, -0.25) is 0 Å². The van der Waals surface area contributed by atoms with Crippen LogP contribution in [-0.4, -0.2) is 61.5 Å². The molecule has 0 spiro atoms. The number of hydrogen-bond donors (Lipinski definition) is 2. The van der Waals surface area contributed by atoms with Crippen LogP contribution in [0.15, 0.2) is 0 Å². The summed E-state index contributed by atoms with van der Waals surface area (Å²) >= 11 is 0. The lowest BCUT2D eigenvalue weighted by molar-refractivity contribution is 0.0738. The van der Waals surface area contributed by atoms with Crippen LogP contribution in [0.25, 0.3) is 0 Å². The van der Waals surface area contributed by atoms with Crippen molar-refractivity contribution in [3.8, 4) is 0 Å². The average molecular weight is 272 g/mol. The Morgan fingerprint density at radius 1 is 1.42 bits per heavy atom. The van der Waals surface area contributed by atoms with E-state index in [0.29, 0.717) is 6.10 Å². The first-order chi connectivity index (χ1) is 9.13. The molecule has 1 fully saturated rings. The van der Waals surface area contributed by atoms with E-state index in [2.05, 4.69) is 24.1 Å². The summed E-state index contributed by atoms with van der Waals surface area (Å²) in [6.07, 6.45) is 6.27. The highest BCUT2D eigenvalue weighted by molar-refractivity contribution is 4.80. The molecule has 1 heterocycles. The van der Waals surface area contributed by atoms with Gasteiger partial charge in [0, 0.05) is 18.7 Å². The molecule has 1 aliphatic rings. The fraction of sp³-hybridized carbons (Fsp3) is 1.00. The van der Waals surface area contributed by atoms with Crippen LogP contribution >= 0.6 is 0 Å². The second-order valence-corrected chi connectivity index (χ2v) is 5.95. The third-order valence-corrected chi connectivity index (χ3v) is 4.34. The molecule has 1 rings (SSSR count). The van der Waals surface area contributed by atoms with Gasteiger partial charge in [-0.05, 0) is 52.7 Å². The Morgan fingerprint density at radius 2 is 2.21 bits per heavy atom. The normalized spacial score (nSPS) is 22.9. The van der Waals surface area contributed by atoms with E-state index in [1.54, 1.807) is 0 Å². The third-order valence-electron chi connectivity index (χ3n) is 4.34. The quantitative estimate of drug-likeness (QED) is 0.593. The molecule has 114 valence electrons. The summed E-state index contributed by atoms with van der Waals surface area (Å²) in [4.78, 5) is 2.49. The Morgan fingerprint density at radius 3 is 2.74 bits per heavy atom. The van der Waals surface area contributed by atoms with E-state index in [4.69, 9.17) is 4.74 Å². The Balaban J connectivity index is 2.15. The SMILES string of the molecule is CCN(CCCCC(C)(CO)NC)CC1CCCO1. The van der Waals surface area contributed by atoms with E-state index in [9.17, 15) is 5.11 Å². The maximum absolute atomic E-state index is 9.34. The first kappa shape index (κ1) is 16.9. The number of likely N-dealkylation sites (N-methyl/N-ethyl adjacent to an activating group) is 2. The van der Waals surface area contributed by atoms with Crippen molar-refractivity contribution in [2.45, 2.75) is 57.6 Å². The van der Waals surface area contributed by atoms with Crippen LogP contribution in [0.3, 0.4) is 0 Å². The minimum atomic E-state index is -0.119. The van der Waals surface area contributed by atoms with Gasteiger partial charge in [0.25, 0.3) is 0 Å². The Labute approximate surface area is 118 Å². The molecule has 0 bridgehead atoms. The molecular weight excluding hydrogens is 240 g/mol. The summed E-state index contributed by atoms with van der Waals surface area (Å²) in [5, 5.41) is 12.5. The maximum Gasteiger partial charge on any atom is 0.0702 e. The van der Waals surface area contributed by atoms with Crippen molar-refractivity contribution in [1.82, 2.24) is 10.2 Å². The van der Waals surface area contributed by atoms with Gasteiger partial charge in [0.15, 0.2) is 0 Å². The number of nitrogens with one attached hydrogen (secondary N) is 1. The average Bonchev–Trinajstić information content (AvgIpc) is 2.94. The van der Waals surface area contributed by atoms with Crippen LogP contribution in [0.4, 0.5) is 0 Å². The maximum atomic E-state index is 9.34. The van der Waals surface area contributed by atoms with Crippen molar-refractivity contribution in [2.24, 2.45) is 0 Å². The molecule has 2 unspecified atom stereocenters. The standard InChI is InChI=1S/C15H32N2O2/c1-4-17(12-14-8-7-11-19-14)10-6-5-9-15(2,13-18)16-3/h14,16,18H,4-13H2,1-3H3. The summed E-state index contributed by atoms with van der Waals surface area (Å²) in [5.41, 5.74) is -0.119. The van der Waals surface area contributed by atoms with Gasteiger partial charge in [0.1, 0.15) is 0 Å². The van der Waals surface area contributed by atoms with Crippen molar-refractivity contribution < 1.29 is 9.84 Å². The number of unbranched alkanes of at least 4 members (excludes halogenated alkanes) is 1. The number of rotatable bonds is 10. The number of hydrogen-bond acceptors (Lipinski definition) is 4. The van der Waals surface area contributed by atoms with Crippen molar-refractivity contribution >= 4 is 0 Å². The molecule has 4 heteroatoms. The molecule has 1 aliphatic heterocycles. The van der Waals surface area contributed by atoms with Crippen LogP contribution in [0, 0.1) is 0 Å². The van der Waals surface area contributed by atoms with Crippen LogP contribution in [0.1, 0.15) is 46.0 Å². The lowest BCUT2D eigenvalue weighted by Gasteiger charge is -2.28. The van der Waals surface area contributed by atoms with Crippen LogP contribution in [0.2, 0.25) is 0 Å². The summed E-state index contributed by atoms with van der Waals surface area (Å²) in [7, 11) is 1.92. The monoisotopic (exact) mass is 272 g/mol. The van der Waals surface area contributed by atoms with Gasteiger partial charge >= 0.3 is 0 Å². The number of aliphatic hydroxyl groups excluding tert-OH is 1. The zero-order valence-corrected chi connectivity index (χ0v) is 13.0. The molecule has 0 aromatic rings. The van der Waals surface area contributed by atoms with E-state index >= 15 is 0 Å². The molecule has 2 N–H and O–H groups in total. The van der Waals surface area contributed by atoms with Crippen molar-refractivity contribution in [3.05, 3.63) is 0 Å². The third kappa shape index (κ3) is 6.21. The minimum Gasteiger partial charge on any atom is -0.394 e. The van der Waals surface area contributed by atoms with E-state index in [1.807, 2.05) is 7.05 Å². The van der Waals surface area contributed by atoms with Crippen LogP contribution in [0.5, 0.6) is 0 Å². The molecule has 0 aromatic heterocycles. The minimum absolute atomic E-state index is 0.119. The topological polar surface area (TPSA) is 44.7 Å². The zero-order valence-electron chi connectivity index (χ0n) is 13.0. The lowest BCUT2D eigenvalue weighted by atomic mass is 9.96. The number of ether oxygens (including phenoxy) is 1. The second kappa shape index (κ2) is 8.90. The van der Waals surface area contributed by atoms with Gasteiger partial charge in [0.2, 0.25) is 0 Å². The van der Waals surface area contributed by atoms with Gasteiger partial charge in [-0.15, -0.1) is 0 Å². The smallest absolute Gasteiger partial charge is 0.0702 e. The van der Waals surface area contributed by atoms with E-state index in [0.717, 1.165) is 39.1 Å². The van der Waals surface area contributed by atoms with Crippen molar-refractivity contribution in [3.63, 3.8) is 0 Å². The number of nitrogens with zero attached hydrogens (tertiary/aromatic N) is 1. The molecular formula is C15H32N2O2. The largest absolute Gasteiger partial charge is 0.394 e. The van der Waals surface area contributed by atoms with Gasteiger partial charge in [-0.2, -0.15) is 0 Å². The van der Waals surface area contributed by atoms with E-state index in [-0.39, 0.29) is 12.1 Å². The van der Waals surface area contributed by atoms with E-state index < -0.39 is 0 Å². The van der Waals surface area contributed by atoms with Crippen LogP contribution in [-0.2, 0) is 4.74 Å². The summed E-state index contributed by atoms with van der Waals surface area (Å²) in [6, 6.07) is 0. The zero-order chi connectivity index (χ0) is 14.1. The predicted octanol–water partition coefficient (Wildman–Crippen LogP) is 1.63. The molecule has 19 heavy (non-hydrogen) atoms. The first-order valence-corrected chi connectivity index (χ1v) is 7.77. The summed E-state index contributed by atoms with van der Waals surface area (Å²) < 4.78 is 5.70. The highest BCUT2D eigenvalue weighted by Gasteiger charge is 2.21. The lowest BCUT2D eigenvalue weighted by Crippen LogP contribution is -2.43.